The van der Waals surface area contributed by atoms with Crippen molar-refractivity contribution in [1.82, 2.24) is 10.2 Å². The molecule has 1 atom stereocenters. The van der Waals surface area contributed by atoms with Gasteiger partial charge >= 0.3 is 6.18 Å². The second-order valence-electron chi connectivity index (χ2n) is 5.47. The summed E-state index contributed by atoms with van der Waals surface area (Å²) in [5.41, 5.74) is 0. The van der Waals surface area contributed by atoms with Gasteiger partial charge in [-0.25, -0.2) is 0 Å². The molecule has 0 aromatic rings. The van der Waals surface area contributed by atoms with Crippen LogP contribution in [-0.2, 0) is 4.74 Å². The van der Waals surface area contributed by atoms with E-state index in [1.54, 1.807) is 0 Å². The molecular formula is C14H27F3N2O. The van der Waals surface area contributed by atoms with Gasteiger partial charge in [0.05, 0.1) is 0 Å². The van der Waals surface area contributed by atoms with Crippen molar-refractivity contribution in [3.63, 3.8) is 0 Å². The average molecular weight is 296 g/mol. The van der Waals surface area contributed by atoms with Crippen LogP contribution in [0.25, 0.3) is 0 Å². The minimum atomic E-state index is -4.21. The molecule has 1 heterocycles. The highest BCUT2D eigenvalue weighted by Gasteiger charge is 2.27. The van der Waals surface area contributed by atoms with Crippen LogP contribution in [0.4, 0.5) is 13.2 Å². The summed E-state index contributed by atoms with van der Waals surface area (Å²) in [4.78, 5) is 2.35. The second-order valence-corrected chi connectivity index (χ2v) is 5.47. The normalized spacial score (nSPS) is 19.9. The topological polar surface area (TPSA) is 24.5 Å². The molecule has 1 aliphatic rings. The molecule has 0 amide bonds. The quantitative estimate of drug-likeness (QED) is 0.627. The van der Waals surface area contributed by atoms with E-state index >= 15 is 0 Å². The van der Waals surface area contributed by atoms with E-state index in [4.69, 9.17) is 0 Å². The van der Waals surface area contributed by atoms with Gasteiger partial charge in [-0.15, -0.1) is 0 Å². The molecule has 0 radical (unpaired) electrons. The lowest BCUT2D eigenvalue weighted by atomic mass is 10.2. The molecule has 0 aromatic carbocycles. The Kier molecular flexibility index (Phi) is 8.49. The lowest BCUT2D eigenvalue weighted by molar-refractivity contribution is -0.174. The van der Waals surface area contributed by atoms with Gasteiger partial charge in [0, 0.05) is 25.7 Å². The van der Waals surface area contributed by atoms with Gasteiger partial charge in [-0.2, -0.15) is 13.2 Å². The summed E-state index contributed by atoms with van der Waals surface area (Å²) in [6.07, 6.45) is 1.14. The first-order chi connectivity index (χ1) is 9.51. The fraction of sp³-hybridized carbons (Fsp3) is 1.00. The van der Waals surface area contributed by atoms with Gasteiger partial charge in [0.25, 0.3) is 0 Å². The van der Waals surface area contributed by atoms with Gasteiger partial charge in [0.2, 0.25) is 0 Å². The number of alkyl halides is 3. The predicted octanol–water partition coefficient (Wildman–Crippen LogP) is 2.81. The summed E-state index contributed by atoms with van der Waals surface area (Å²) in [6.45, 7) is 5.12. The third kappa shape index (κ3) is 8.76. The van der Waals surface area contributed by atoms with Gasteiger partial charge in [0.1, 0.15) is 6.61 Å². The highest BCUT2D eigenvalue weighted by atomic mass is 19.4. The van der Waals surface area contributed by atoms with Gasteiger partial charge in [-0.05, 0) is 38.8 Å². The van der Waals surface area contributed by atoms with E-state index in [9.17, 15) is 13.2 Å². The summed E-state index contributed by atoms with van der Waals surface area (Å²) < 4.78 is 40.5. The van der Waals surface area contributed by atoms with Crippen LogP contribution in [0.1, 0.15) is 39.0 Å². The average Bonchev–Trinajstić information content (AvgIpc) is 2.86. The first-order valence-electron chi connectivity index (χ1n) is 7.61. The maximum Gasteiger partial charge on any atom is 0.411 e. The Morgan fingerprint density at radius 3 is 2.60 bits per heavy atom. The van der Waals surface area contributed by atoms with E-state index in [1.165, 1.54) is 12.8 Å². The Labute approximate surface area is 119 Å². The van der Waals surface area contributed by atoms with Gasteiger partial charge in [-0.1, -0.05) is 13.3 Å². The van der Waals surface area contributed by atoms with Crippen molar-refractivity contribution in [3.05, 3.63) is 0 Å². The van der Waals surface area contributed by atoms with Crippen molar-refractivity contribution in [3.8, 4) is 0 Å². The molecule has 6 heteroatoms. The highest BCUT2D eigenvalue weighted by molar-refractivity contribution is 4.77. The molecular weight excluding hydrogens is 269 g/mol. The zero-order valence-corrected chi connectivity index (χ0v) is 12.3. The Bertz CT molecular complexity index is 243. The molecule has 3 nitrogen and oxygen atoms in total. The molecule has 1 fully saturated rings. The Morgan fingerprint density at radius 2 is 2.00 bits per heavy atom. The zero-order valence-electron chi connectivity index (χ0n) is 12.3. The molecule has 1 aliphatic heterocycles. The Balaban J connectivity index is 2.15. The molecule has 120 valence electrons. The monoisotopic (exact) mass is 296 g/mol. The molecule has 0 spiro atoms. The maximum absolute atomic E-state index is 11.9. The summed E-state index contributed by atoms with van der Waals surface area (Å²) in [5, 5.41) is 3.46. The number of halogens is 3. The van der Waals surface area contributed by atoms with Crippen LogP contribution in [0.15, 0.2) is 0 Å². The number of hydrogen-bond acceptors (Lipinski definition) is 3. The molecule has 1 N–H and O–H groups in total. The van der Waals surface area contributed by atoms with E-state index in [2.05, 4.69) is 21.9 Å². The van der Waals surface area contributed by atoms with Gasteiger partial charge < -0.3 is 15.0 Å². The predicted molar refractivity (Wildman–Crippen MR) is 73.9 cm³/mol. The third-order valence-corrected chi connectivity index (χ3v) is 3.50. The van der Waals surface area contributed by atoms with Crippen LogP contribution in [0, 0.1) is 0 Å². The zero-order chi connectivity index (χ0) is 14.8. The van der Waals surface area contributed by atoms with Crippen LogP contribution in [0.5, 0.6) is 0 Å². The van der Waals surface area contributed by atoms with E-state index in [0.29, 0.717) is 12.5 Å². The number of hydrogen-bond donors (Lipinski definition) is 1. The van der Waals surface area contributed by atoms with Gasteiger partial charge in [-0.3, -0.25) is 0 Å². The summed E-state index contributed by atoms with van der Waals surface area (Å²) in [7, 11) is 0. The van der Waals surface area contributed by atoms with Crippen LogP contribution in [0.2, 0.25) is 0 Å². The number of rotatable bonds is 10. The van der Waals surface area contributed by atoms with Crippen molar-refractivity contribution < 1.29 is 17.9 Å². The minimum absolute atomic E-state index is 0.181. The fourth-order valence-electron chi connectivity index (χ4n) is 2.48. The second kappa shape index (κ2) is 9.58. The Hall–Kier alpha value is -0.330. The maximum atomic E-state index is 11.9. The van der Waals surface area contributed by atoms with Gasteiger partial charge in [0.15, 0.2) is 0 Å². The van der Waals surface area contributed by atoms with Crippen molar-refractivity contribution in [2.75, 3.05) is 39.4 Å². The largest absolute Gasteiger partial charge is 0.411 e. The van der Waals surface area contributed by atoms with Crippen LogP contribution in [-0.4, -0.2) is 56.5 Å². The molecule has 0 bridgehead atoms. The van der Waals surface area contributed by atoms with E-state index in [-0.39, 0.29) is 6.61 Å². The molecule has 1 saturated heterocycles. The van der Waals surface area contributed by atoms with E-state index < -0.39 is 12.8 Å². The number of ether oxygens (including phenoxy) is 1. The molecule has 1 rings (SSSR count). The van der Waals surface area contributed by atoms with E-state index in [0.717, 1.165) is 39.0 Å². The molecule has 20 heavy (non-hydrogen) atoms. The fourth-order valence-corrected chi connectivity index (χ4v) is 2.48. The smallest absolute Gasteiger partial charge is 0.372 e. The molecule has 0 saturated carbocycles. The SMILES string of the molecule is CCCCN(CCCOCC(F)(F)F)CC1CCCN1. The summed E-state index contributed by atoms with van der Waals surface area (Å²) >= 11 is 0. The Morgan fingerprint density at radius 1 is 1.25 bits per heavy atom. The summed E-state index contributed by atoms with van der Waals surface area (Å²) in [6, 6.07) is 0.544. The number of nitrogens with one attached hydrogen (secondary N) is 1. The standard InChI is InChI=1S/C14H27F3N2O/c1-2-3-8-19(11-13-6-4-7-18-13)9-5-10-20-12-14(15,16)17/h13,18H,2-12H2,1H3. The lowest BCUT2D eigenvalue weighted by Crippen LogP contribution is -2.38. The van der Waals surface area contributed by atoms with Crippen LogP contribution in [0.3, 0.4) is 0 Å². The van der Waals surface area contributed by atoms with Crippen LogP contribution >= 0.6 is 0 Å². The minimum Gasteiger partial charge on any atom is -0.372 e. The molecule has 0 aliphatic carbocycles. The first kappa shape index (κ1) is 17.7. The third-order valence-electron chi connectivity index (χ3n) is 3.50. The number of unbranched alkanes of at least 4 members (excludes halogenated alkanes) is 1. The first-order valence-corrected chi connectivity index (χ1v) is 7.61. The van der Waals surface area contributed by atoms with Crippen molar-refractivity contribution in [1.29, 1.82) is 0 Å². The molecule has 0 aromatic heterocycles. The van der Waals surface area contributed by atoms with Crippen LogP contribution < -0.4 is 5.32 Å². The lowest BCUT2D eigenvalue weighted by Gasteiger charge is -2.25. The summed E-state index contributed by atoms with van der Waals surface area (Å²) in [5.74, 6) is 0. The molecule has 1 unspecified atom stereocenters. The van der Waals surface area contributed by atoms with Crippen molar-refractivity contribution in [2.45, 2.75) is 51.2 Å². The number of nitrogens with zero attached hydrogens (tertiary/aromatic N) is 1. The van der Waals surface area contributed by atoms with E-state index in [1.807, 2.05) is 0 Å². The van der Waals surface area contributed by atoms with Crippen molar-refractivity contribution >= 4 is 0 Å². The highest BCUT2D eigenvalue weighted by Crippen LogP contribution is 2.14. The van der Waals surface area contributed by atoms with Crippen molar-refractivity contribution in [2.24, 2.45) is 0 Å².